The molecule has 2 aromatic carbocycles. The second-order valence-electron chi connectivity index (χ2n) is 6.44. The van der Waals surface area contributed by atoms with Gasteiger partial charge in [0.1, 0.15) is 5.75 Å². The molecule has 4 N–H and O–H groups in total. The van der Waals surface area contributed by atoms with E-state index in [2.05, 4.69) is 31.9 Å². The van der Waals surface area contributed by atoms with Crippen molar-refractivity contribution in [3.63, 3.8) is 0 Å². The lowest BCUT2D eigenvalue weighted by molar-refractivity contribution is -0.131. The maximum Gasteiger partial charge on any atom is 0.340 e. The van der Waals surface area contributed by atoms with Crippen LogP contribution in [0.5, 0.6) is 5.75 Å². The maximum atomic E-state index is 13.0. The lowest BCUT2D eigenvalue weighted by Crippen LogP contribution is -3.00. The van der Waals surface area contributed by atoms with Crippen LogP contribution in [-0.4, -0.2) is 28.3 Å². The van der Waals surface area contributed by atoms with Crippen LogP contribution in [0.4, 0.5) is 0 Å². The molecule has 0 saturated carbocycles. The number of fused-ring (bicyclic) bond motifs is 1. The highest BCUT2D eigenvalue weighted by Crippen LogP contribution is 2.38. The van der Waals surface area contributed by atoms with E-state index in [9.17, 15) is 9.59 Å². The number of hydrogen-bond donors (Lipinski definition) is 2. The Kier molecular flexibility index (Phi) is 9.38. The molecule has 0 atom stereocenters. The number of esters is 2. The molecule has 7 nitrogen and oxygen atoms in total. The number of halogens is 3. The zero-order valence-electron chi connectivity index (χ0n) is 17.2. The molecule has 0 spiro atoms. The predicted molar refractivity (Wildman–Crippen MR) is 128 cm³/mol. The van der Waals surface area contributed by atoms with E-state index in [0.717, 1.165) is 15.7 Å². The lowest BCUT2D eigenvalue weighted by Gasteiger charge is -2.12. The summed E-state index contributed by atoms with van der Waals surface area (Å²) in [6.07, 6.45) is 0. The number of aromatic nitrogens is 1. The van der Waals surface area contributed by atoms with Gasteiger partial charge in [0, 0.05) is 33.9 Å². The van der Waals surface area contributed by atoms with Crippen molar-refractivity contribution >= 4 is 71.6 Å². The van der Waals surface area contributed by atoms with Crippen LogP contribution in [0.3, 0.4) is 0 Å². The van der Waals surface area contributed by atoms with Gasteiger partial charge in [0.25, 0.3) is 5.17 Å². The van der Waals surface area contributed by atoms with E-state index < -0.39 is 11.9 Å². The van der Waals surface area contributed by atoms with Gasteiger partial charge >= 0.3 is 11.9 Å². The van der Waals surface area contributed by atoms with E-state index in [-0.39, 0.29) is 28.8 Å². The van der Waals surface area contributed by atoms with Crippen LogP contribution in [0.2, 0.25) is 0 Å². The Hall–Kier alpha value is -1.82. The Labute approximate surface area is 216 Å². The second kappa shape index (κ2) is 11.4. The van der Waals surface area contributed by atoms with E-state index >= 15 is 0 Å². The molecule has 11 heteroatoms. The van der Waals surface area contributed by atoms with Crippen molar-refractivity contribution in [2.24, 2.45) is 5.73 Å². The molecule has 0 fully saturated rings. The van der Waals surface area contributed by atoms with Gasteiger partial charge in [-0.15, -0.1) is 0 Å². The molecule has 3 aromatic rings. The summed E-state index contributed by atoms with van der Waals surface area (Å²) in [5.41, 5.74) is 8.30. The molecule has 0 aliphatic heterocycles. The van der Waals surface area contributed by atoms with Crippen molar-refractivity contribution < 1.29 is 41.5 Å². The average molecular weight is 650 g/mol. The van der Waals surface area contributed by atoms with Gasteiger partial charge < -0.3 is 31.0 Å². The van der Waals surface area contributed by atoms with E-state index in [1.807, 2.05) is 34.9 Å². The molecule has 1 aromatic heterocycles. The summed E-state index contributed by atoms with van der Waals surface area (Å²) in [7, 11) is 0. The Morgan fingerprint density at radius 3 is 2.41 bits per heavy atom. The molecule has 0 aliphatic rings. The largest absolute Gasteiger partial charge is 1.00 e. The maximum absolute atomic E-state index is 13.0. The van der Waals surface area contributed by atoms with E-state index in [4.69, 9.17) is 20.6 Å². The van der Waals surface area contributed by atoms with Crippen molar-refractivity contribution in [3.05, 3.63) is 56.6 Å². The molecular formula is C21H20Br3N3O4S. The van der Waals surface area contributed by atoms with Crippen LogP contribution >= 0.6 is 43.6 Å². The highest BCUT2D eigenvalue weighted by atomic mass is 79.9. The van der Waals surface area contributed by atoms with Gasteiger partial charge in [0.15, 0.2) is 0 Å². The van der Waals surface area contributed by atoms with Crippen molar-refractivity contribution in [3.8, 4) is 11.4 Å². The molecule has 1 heterocycles. The fourth-order valence-electron chi connectivity index (χ4n) is 3.18. The number of ether oxygens (including phenoxy) is 2. The van der Waals surface area contributed by atoms with Crippen LogP contribution in [-0.2, 0) is 15.3 Å². The first-order valence-corrected chi connectivity index (χ1v) is 11.8. The second-order valence-corrected chi connectivity index (χ2v) is 9.26. The fourth-order valence-corrected chi connectivity index (χ4v) is 4.43. The first kappa shape index (κ1) is 26.4. The summed E-state index contributed by atoms with van der Waals surface area (Å²) < 4.78 is 14.1. The van der Waals surface area contributed by atoms with Crippen LogP contribution < -0.4 is 32.9 Å². The third kappa shape index (κ3) is 5.75. The Bertz CT molecular complexity index is 1180. The number of hydrogen-bond acceptors (Lipinski definition) is 5. The number of carbonyl (C=O) groups excluding carboxylic acids is 2. The van der Waals surface area contributed by atoms with Gasteiger partial charge in [-0.1, -0.05) is 15.9 Å². The third-order valence-electron chi connectivity index (χ3n) is 4.31. The predicted octanol–water partition coefficient (Wildman–Crippen LogP) is 0.568. The van der Waals surface area contributed by atoms with Crippen LogP contribution in [0, 0.1) is 0 Å². The SMILES string of the molecule is CCOC(=O)c1c(CSC(N)=[NH2+])n(-c2ccc(Br)cc2)c2cc(Br)c(OC(C)=O)cc12.[Br-]. The molecule has 0 amide bonds. The average Bonchev–Trinajstić information content (AvgIpc) is 3.00. The highest BCUT2D eigenvalue weighted by Gasteiger charge is 2.26. The van der Waals surface area contributed by atoms with Gasteiger partial charge in [-0.2, -0.15) is 0 Å². The van der Waals surface area contributed by atoms with Gasteiger partial charge in [0.2, 0.25) is 0 Å². The molecule has 32 heavy (non-hydrogen) atoms. The van der Waals surface area contributed by atoms with Crippen LogP contribution in [0.25, 0.3) is 16.6 Å². The minimum Gasteiger partial charge on any atom is -1.00 e. The Morgan fingerprint density at radius 2 is 1.84 bits per heavy atom. The van der Waals surface area contributed by atoms with Gasteiger partial charge in [0.05, 0.1) is 22.2 Å². The van der Waals surface area contributed by atoms with Crippen molar-refractivity contribution in [2.45, 2.75) is 19.6 Å². The summed E-state index contributed by atoms with van der Waals surface area (Å²) in [6, 6.07) is 11.1. The molecule has 0 bridgehead atoms. The quantitative estimate of drug-likeness (QED) is 0.175. The fraction of sp³-hybridized carbons (Fsp3) is 0.190. The standard InChI is InChI=1S/C21H19Br2N3O4S.BrH/c1-3-29-20(28)19-14-8-18(30-11(2)27)15(23)9-16(14)26(17(19)10-31-21(24)25)13-6-4-12(22)5-7-13;/h4-9H,3,10H2,1-2H3,(H3,24,25);1H. The lowest BCUT2D eigenvalue weighted by atomic mass is 10.1. The van der Waals surface area contributed by atoms with Gasteiger partial charge in [-0.25, -0.2) is 4.79 Å². The Balaban J connectivity index is 0.00000363. The third-order valence-corrected chi connectivity index (χ3v) is 6.21. The number of nitrogens with two attached hydrogens (primary N) is 2. The van der Waals surface area contributed by atoms with Gasteiger partial charge in [-0.05, 0) is 71.0 Å². The van der Waals surface area contributed by atoms with Crippen molar-refractivity contribution in [2.75, 3.05) is 6.61 Å². The molecule has 0 saturated heterocycles. The molecule has 0 aliphatic carbocycles. The molecular weight excluding hydrogens is 630 g/mol. The summed E-state index contributed by atoms with van der Waals surface area (Å²) >= 11 is 8.13. The summed E-state index contributed by atoms with van der Waals surface area (Å²) in [6.45, 7) is 3.28. The van der Waals surface area contributed by atoms with E-state index in [1.165, 1.54) is 18.7 Å². The topological polar surface area (TPSA) is 109 Å². The molecule has 3 rings (SSSR count). The summed E-state index contributed by atoms with van der Waals surface area (Å²) in [4.78, 5) is 24.5. The smallest absolute Gasteiger partial charge is 0.340 e. The summed E-state index contributed by atoms with van der Waals surface area (Å²) in [5.74, 6) is -0.304. The zero-order valence-corrected chi connectivity index (χ0v) is 22.7. The normalized spacial score (nSPS) is 10.5. The first-order chi connectivity index (χ1) is 14.7. The number of thioether (sulfide) groups is 1. The first-order valence-electron chi connectivity index (χ1n) is 9.21. The van der Waals surface area contributed by atoms with Crippen LogP contribution in [0.1, 0.15) is 29.9 Å². The van der Waals surface area contributed by atoms with Gasteiger partial charge in [-0.3, -0.25) is 15.9 Å². The minimum atomic E-state index is -0.481. The number of rotatable bonds is 6. The van der Waals surface area contributed by atoms with Crippen LogP contribution in [0.15, 0.2) is 45.3 Å². The number of benzene rings is 2. The number of carbonyl (C=O) groups is 2. The molecule has 170 valence electrons. The minimum absolute atomic E-state index is 0. The molecule has 0 radical (unpaired) electrons. The zero-order chi connectivity index (χ0) is 22.7. The Morgan fingerprint density at radius 1 is 1.19 bits per heavy atom. The number of nitrogens with zero attached hydrogens (tertiary/aromatic N) is 1. The van der Waals surface area contributed by atoms with Crippen molar-refractivity contribution in [1.82, 2.24) is 4.57 Å². The monoisotopic (exact) mass is 647 g/mol. The molecule has 0 unspecified atom stereocenters. The van der Waals surface area contributed by atoms with E-state index in [0.29, 0.717) is 32.6 Å². The van der Waals surface area contributed by atoms with E-state index in [1.54, 1.807) is 13.0 Å². The summed E-state index contributed by atoms with van der Waals surface area (Å²) in [5, 5.41) is 6.47. The van der Waals surface area contributed by atoms with Crippen molar-refractivity contribution in [1.29, 1.82) is 0 Å². The number of amidine groups is 1. The highest BCUT2D eigenvalue weighted by molar-refractivity contribution is 9.10.